The normalized spacial score (nSPS) is 11.0. The van der Waals surface area contributed by atoms with Crippen molar-refractivity contribution in [3.8, 4) is 6.07 Å². The van der Waals surface area contributed by atoms with Crippen LogP contribution in [0.1, 0.15) is 32.2 Å². The van der Waals surface area contributed by atoms with Crippen LogP contribution < -0.4 is 5.32 Å². The molecule has 0 aliphatic carbocycles. The minimum absolute atomic E-state index is 0.168. The van der Waals surface area contributed by atoms with E-state index in [4.69, 9.17) is 16.9 Å². The fourth-order valence-electron chi connectivity index (χ4n) is 1.65. The Hall–Kier alpha value is -1.64. The van der Waals surface area contributed by atoms with Gasteiger partial charge in [-0.25, -0.2) is 9.97 Å². The highest BCUT2D eigenvalue weighted by molar-refractivity contribution is 9.10. The summed E-state index contributed by atoms with van der Waals surface area (Å²) in [4.78, 5) is 8.89. The highest BCUT2D eigenvalue weighted by atomic mass is 79.9. The van der Waals surface area contributed by atoms with Crippen molar-refractivity contribution in [1.29, 1.82) is 5.26 Å². The van der Waals surface area contributed by atoms with Crippen LogP contribution in [0.2, 0.25) is 5.02 Å². The lowest BCUT2D eigenvalue weighted by atomic mass is 9.96. The molecule has 4 nitrogen and oxygen atoms in total. The molecule has 0 saturated carbocycles. The van der Waals surface area contributed by atoms with Gasteiger partial charge in [0.1, 0.15) is 16.2 Å². The molecule has 0 unspecified atom stereocenters. The molecule has 0 radical (unpaired) electrons. The molecule has 1 aromatic heterocycles. The van der Waals surface area contributed by atoms with Crippen LogP contribution in [0, 0.1) is 11.3 Å². The molecule has 0 aliphatic heterocycles. The molecule has 0 saturated heterocycles. The van der Waals surface area contributed by atoms with E-state index in [1.807, 2.05) is 20.8 Å². The summed E-state index contributed by atoms with van der Waals surface area (Å²) in [7, 11) is 0. The third kappa shape index (κ3) is 3.93. The molecule has 0 atom stereocenters. The van der Waals surface area contributed by atoms with Gasteiger partial charge in [-0.15, -0.1) is 0 Å². The maximum Gasteiger partial charge on any atom is 0.137 e. The molecule has 2 aromatic rings. The van der Waals surface area contributed by atoms with Gasteiger partial charge in [-0.1, -0.05) is 32.4 Å². The molecule has 1 heterocycles. The van der Waals surface area contributed by atoms with E-state index in [0.29, 0.717) is 32.5 Å². The Morgan fingerprint density at radius 1 is 1.24 bits per heavy atom. The van der Waals surface area contributed by atoms with Crippen LogP contribution in [0.5, 0.6) is 0 Å². The fraction of sp³-hybridized carbons (Fsp3) is 0.267. The quantitative estimate of drug-likeness (QED) is 0.776. The molecular formula is C15H14BrClN4. The summed E-state index contributed by atoms with van der Waals surface area (Å²) in [5.41, 5.74) is 1.01. The lowest BCUT2D eigenvalue weighted by Crippen LogP contribution is -2.17. The topological polar surface area (TPSA) is 61.6 Å². The second-order valence-corrected chi connectivity index (χ2v) is 6.80. The van der Waals surface area contributed by atoms with Gasteiger partial charge in [-0.2, -0.15) is 5.26 Å². The van der Waals surface area contributed by atoms with Gasteiger partial charge in [-0.05, 0) is 34.1 Å². The summed E-state index contributed by atoms with van der Waals surface area (Å²) < 4.78 is 0.692. The van der Waals surface area contributed by atoms with Gasteiger partial charge in [0.05, 0.1) is 22.3 Å². The van der Waals surface area contributed by atoms with E-state index >= 15 is 0 Å². The number of nitriles is 1. The first-order valence-electron chi connectivity index (χ1n) is 6.31. The smallest absolute Gasteiger partial charge is 0.137 e. The van der Waals surface area contributed by atoms with Crippen LogP contribution in [0.25, 0.3) is 0 Å². The number of rotatable bonds is 2. The Labute approximate surface area is 137 Å². The predicted molar refractivity (Wildman–Crippen MR) is 87.9 cm³/mol. The molecule has 1 N–H and O–H groups in total. The van der Waals surface area contributed by atoms with E-state index in [-0.39, 0.29) is 5.41 Å². The number of benzene rings is 1. The van der Waals surface area contributed by atoms with Crippen LogP contribution >= 0.6 is 27.5 Å². The Kier molecular flexibility index (Phi) is 4.50. The average Bonchev–Trinajstić information content (AvgIpc) is 2.39. The maximum atomic E-state index is 8.96. The van der Waals surface area contributed by atoms with Gasteiger partial charge in [0.25, 0.3) is 0 Å². The van der Waals surface area contributed by atoms with Crippen LogP contribution in [0.3, 0.4) is 0 Å². The van der Waals surface area contributed by atoms with Gasteiger partial charge >= 0.3 is 0 Å². The van der Waals surface area contributed by atoms with Crippen molar-refractivity contribution >= 4 is 39.0 Å². The van der Waals surface area contributed by atoms with Gasteiger partial charge in [0, 0.05) is 11.5 Å². The first-order valence-corrected chi connectivity index (χ1v) is 7.48. The van der Waals surface area contributed by atoms with Gasteiger partial charge in [0.15, 0.2) is 0 Å². The third-order valence-corrected chi connectivity index (χ3v) is 3.46. The fourth-order valence-corrected chi connectivity index (χ4v) is 2.20. The van der Waals surface area contributed by atoms with E-state index < -0.39 is 0 Å². The van der Waals surface area contributed by atoms with E-state index in [1.165, 1.54) is 0 Å². The van der Waals surface area contributed by atoms with Crippen molar-refractivity contribution in [3.05, 3.63) is 45.3 Å². The summed E-state index contributed by atoms with van der Waals surface area (Å²) in [6.07, 6.45) is 0. The highest BCUT2D eigenvalue weighted by Gasteiger charge is 2.19. The third-order valence-electron chi connectivity index (χ3n) is 2.72. The number of anilines is 2. The van der Waals surface area contributed by atoms with E-state index in [9.17, 15) is 0 Å². The van der Waals surface area contributed by atoms with E-state index in [2.05, 4.69) is 37.3 Å². The van der Waals surface area contributed by atoms with Crippen molar-refractivity contribution in [1.82, 2.24) is 9.97 Å². The minimum Gasteiger partial charge on any atom is -0.339 e. The van der Waals surface area contributed by atoms with Gasteiger partial charge in [0.2, 0.25) is 0 Å². The SMILES string of the molecule is CC(C)(C)c1nc(Br)cc(Nc2cc(C#N)ccc2Cl)n1. The lowest BCUT2D eigenvalue weighted by molar-refractivity contribution is 0.544. The number of hydrogen-bond donors (Lipinski definition) is 1. The van der Waals surface area contributed by atoms with Crippen LogP contribution in [0.15, 0.2) is 28.9 Å². The summed E-state index contributed by atoms with van der Waals surface area (Å²) in [6, 6.07) is 8.90. The Morgan fingerprint density at radius 3 is 2.57 bits per heavy atom. The zero-order valence-corrected chi connectivity index (χ0v) is 14.2. The van der Waals surface area contributed by atoms with Crippen molar-refractivity contribution in [2.45, 2.75) is 26.2 Å². The Bertz CT molecular complexity index is 717. The largest absolute Gasteiger partial charge is 0.339 e. The van der Waals surface area contributed by atoms with Gasteiger partial charge < -0.3 is 5.32 Å². The molecule has 108 valence electrons. The summed E-state index contributed by atoms with van der Waals surface area (Å²) in [6.45, 7) is 6.13. The molecule has 0 spiro atoms. The van der Waals surface area contributed by atoms with Gasteiger partial charge in [-0.3, -0.25) is 0 Å². The molecule has 0 aliphatic rings. The van der Waals surface area contributed by atoms with E-state index in [1.54, 1.807) is 24.3 Å². The monoisotopic (exact) mass is 364 g/mol. The molecule has 1 aromatic carbocycles. The van der Waals surface area contributed by atoms with Crippen molar-refractivity contribution in [2.24, 2.45) is 0 Å². The maximum absolute atomic E-state index is 8.96. The Morgan fingerprint density at radius 2 is 1.95 bits per heavy atom. The van der Waals surface area contributed by atoms with Crippen LogP contribution in [-0.4, -0.2) is 9.97 Å². The number of nitrogens with one attached hydrogen (secondary N) is 1. The predicted octanol–water partition coefficient (Wildman–Crippen LogP) is 4.81. The second-order valence-electron chi connectivity index (χ2n) is 5.58. The standard InChI is InChI=1S/C15H14BrClN4/c1-15(2,3)14-20-12(16)7-13(21-14)19-11-6-9(8-18)4-5-10(11)17/h4-7H,1-3H3,(H,19,20,21). The molecule has 21 heavy (non-hydrogen) atoms. The molecular weight excluding hydrogens is 352 g/mol. The molecule has 2 rings (SSSR count). The first-order chi connectivity index (χ1) is 9.79. The second kappa shape index (κ2) is 6.00. The number of aromatic nitrogens is 2. The summed E-state index contributed by atoms with van der Waals surface area (Å²) in [5.74, 6) is 1.34. The van der Waals surface area contributed by atoms with Crippen molar-refractivity contribution in [3.63, 3.8) is 0 Å². The number of hydrogen-bond acceptors (Lipinski definition) is 4. The number of halogens is 2. The average molecular weight is 366 g/mol. The summed E-state index contributed by atoms with van der Waals surface area (Å²) in [5, 5.41) is 12.6. The molecule has 0 bridgehead atoms. The van der Waals surface area contributed by atoms with Crippen LogP contribution in [-0.2, 0) is 5.41 Å². The molecule has 6 heteroatoms. The highest BCUT2D eigenvalue weighted by Crippen LogP contribution is 2.28. The Balaban J connectivity index is 2.41. The lowest BCUT2D eigenvalue weighted by Gasteiger charge is -2.18. The van der Waals surface area contributed by atoms with Crippen molar-refractivity contribution < 1.29 is 0 Å². The molecule has 0 amide bonds. The number of nitrogens with zero attached hydrogens (tertiary/aromatic N) is 3. The van der Waals surface area contributed by atoms with Crippen molar-refractivity contribution in [2.75, 3.05) is 5.32 Å². The molecule has 0 fully saturated rings. The van der Waals surface area contributed by atoms with E-state index in [0.717, 1.165) is 0 Å². The minimum atomic E-state index is -0.168. The van der Waals surface area contributed by atoms with Crippen LogP contribution in [0.4, 0.5) is 11.5 Å². The zero-order valence-electron chi connectivity index (χ0n) is 11.9. The first kappa shape index (κ1) is 15.7. The zero-order chi connectivity index (χ0) is 15.6. The summed E-state index contributed by atoms with van der Waals surface area (Å²) >= 11 is 9.53.